The molecule has 2 atom stereocenters. The van der Waals surface area contributed by atoms with Crippen LogP contribution < -0.4 is 5.32 Å². The number of methoxy groups -OCH3 is 1. The van der Waals surface area contributed by atoms with Crippen LogP contribution in [0.4, 0.5) is 5.82 Å². The van der Waals surface area contributed by atoms with E-state index in [0.29, 0.717) is 0 Å². The Balaban J connectivity index is 2.19. The van der Waals surface area contributed by atoms with Crippen molar-refractivity contribution in [2.24, 2.45) is 17.3 Å². The molecule has 7 nitrogen and oxygen atoms in total. The number of esters is 1. The number of nitrogens with zero attached hydrogens (tertiary/aromatic N) is 1. The Kier molecular flexibility index (Phi) is 3.67. The Hall–Kier alpha value is -2.44. The van der Waals surface area contributed by atoms with Gasteiger partial charge >= 0.3 is 11.9 Å². The monoisotopic (exact) mass is 292 g/mol. The molecule has 0 radical (unpaired) electrons. The van der Waals surface area contributed by atoms with E-state index in [4.69, 9.17) is 5.11 Å². The predicted octanol–water partition coefficient (Wildman–Crippen LogP) is 1.16. The lowest BCUT2D eigenvalue weighted by atomic mass is 10.1. The summed E-state index contributed by atoms with van der Waals surface area (Å²) in [6, 6.07) is 3.02. The summed E-state index contributed by atoms with van der Waals surface area (Å²) in [5, 5.41) is 11.6. The van der Waals surface area contributed by atoms with Gasteiger partial charge in [-0.05, 0) is 17.5 Å². The average molecular weight is 292 g/mol. The number of aliphatic carboxylic acids is 1. The highest BCUT2D eigenvalue weighted by atomic mass is 16.5. The lowest BCUT2D eigenvalue weighted by Gasteiger charge is -2.08. The molecule has 2 rings (SSSR count). The third-order valence-corrected chi connectivity index (χ3v) is 3.83. The summed E-state index contributed by atoms with van der Waals surface area (Å²) in [4.78, 5) is 38.8. The standard InChI is InChI=1S/C14H16N2O5/c1-14(2)8(9(14)12(18)19)11(17)16-10-7(13(20)21-3)5-4-6-15-10/h4-6,8-9H,1-3H3,(H,18,19)(H,15,16,17). The van der Waals surface area contributed by atoms with Crippen LogP contribution in [0.1, 0.15) is 24.2 Å². The van der Waals surface area contributed by atoms with E-state index in [0.717, 1.165) is 0 Å². The van der Waals surface area contributed by atoms with E-state index in [1.54, 1.807) is 19.9 Å². The largest absolute Gasteiger partial charge is 0.481 e. The summed E-state index contributed by atoms with van der Waals surface area (Å²) in [5.41, 5.74) is -0.491. The number of hydrogen-bond acceptors (Lipinski definition) is 5. The molecular formula is C14H16N2O5. The Labute approximate surface area is 121 Å². The number of rotatable bonds is 4. The molecule has 21 heavy (non-hydrogen) atoms. The van der Waals surface area contributed by atoms with Crippen LogP contribution in [-0.2, 0) is 14.3 Å². The van der Waals surface area contributed by atoms with E-state index in [1.807, 2.05) is 0 Å². The molecule has 0 aromatic carbocycles. The number of ether oxygens (including phenoxy) is 1. The molecule has 0 aliphatic heterocycles. The first kappa shape index (κ1) is 15.0. The van der Waals surface area contributed by atoms with Crippen LogP contribution in [0.2, 0.25) is 0 Å². The number of nitrogens with one attached hydrogen (secondary N) is 1. The van der Waals surface area contributed by atoms with Crippen LogP contribution in [0.3, 0.4) is 0 Å². The van der Waals surface area contributed by atoms with Gasteiger partial charge < -0.3 is 15.2 Å². The van der Waals surface area contributed by atoms with Gasteiger partial charge in [0.2, 0.25) is 5.91 Å². The number of anilines is 1. The van der Waals surface area contributed by atoms with Gasteiger partial charge in [0.25, 0.3) is 0 Å². The number of aromatic nitrogens is 1. The van der Waals surface area contributed by atoms with Crippen molar-refractivity contribution >= 4 is 23.7 Å². The molecule has 0 spiro atoms. The lowest BCUT2D eigenvalue weighted by Crippen LogP contribution is -2.20. The van der Waals surface area contributed by atoms with E-state index in [-0.39, 0.29) is 11.4 Å². The highest BCUT2D eigenvalue weighted by Gasteiger charge is 2.66. The van der Waals surface area contributed by atoms with Crippen molar-refractivity contribution in [3.63, 3.8) is 0 Å². The van der Waals surface area contributed by atoms with Crippen LogP contribution in [-0.4, -0.2) is 35.0 Å². The molecule has 0 saturated heterocycles. The third kappa shape index (κ3) is 2.58. The van der Waals surface area contributed by atoms with Gasteiger partial charge in [-0.2, -0.15) is 0 Å². The number of pyridine rings is 1. The maximum atomic E-state index is 12.2. The number of carbonyl (C=O) groups is 3. The van der Waals surface area contributed by atoms with E-state index >= 15 is 0 Å². The fourth-order valence-electron chi connectivity index (χ4n) is 2.56. The molecule has 2 N–H and O–H groups in total. The van der Waals surface area contributed by atoms with E-state index in [1.165, 1.54) is 19.4 Å². The summed E-state index contributed by atoms with van der Waals surface area (Å²) >= 11 is 0. The Bertz CT molecular complexity index is 611. The number of carbonyl (C=O) groups excluding carboxylic acids is 2. The molecule has 0 bridgehead atoms. The van der Waals surface area contributed by atoms with E-state index in [9.17, 15) is 14.4 Å². The van der Waals surface area contributed by atoms with Gasteiger partial charge in [-0.15, -0.1) is 0 Å². The molecule has 7 heteroatoms. The van der Waals surface area contributed by atoms with Gasteiger partial charge in [-0.25, -0.2) is 9.78 Å². The minimum absolute atomic E-state index is 0.0705. The molecule has 1 amide bonds. The van der Waals surface area contributed by atoms with Gasteiger partial charge in [0.05, 0.1) is 18.9 Å². The van der Waals surface area contributed by atoms with Gasteiger partial charge in [-0.1, -0.05) is 13.8 Å². The molecule has 112 valence electrons. The predicted molar refractivity (Wildman–Crippen MR) is 72.6 cm³/mol. The number of amides is 1. The Morgan fingerprint density at radius 2 is 2.00 bits per heavy atom. The molecule has 1 aromatic heterocycles. The van der Waals surface area contributed by atoms with Crippen molar-refractivity contribution in [3.8, 4) is 0 Å². The highest BCUT2D eigenvalue weighted by Crippen LogP contribution is 2.58. The van der Waals surface area contributed by atoms with Crippen LogP contribution in [0, 0.1) is 17.3 Å². The maximum Gasteiger partial charge on any atom is 0.341 e. The fourth-order valence-corrected chi connectivity index (χ4v) is 2.56. The topological polar surface area (TPSA) is 106 Å². The Morgan fingerprint density at radius 1 is 1.33 bits per heavy atom. The first-order valence-electron chi connectivity index (χ1n) is 6.37. The maximum absolute atomic E-state index is 12.2. The molecule has 1 aliphatic carbocycles. The Morgan fingerprint density at radius 3 is 2.52 bits per heavy atom. The van der Waals surface area contributed by atoms with Crippen molar-refractivity contribution in [3.05, 3.63) is 23.9 Å². The van der Waals surface area contributed by atoms with Crippen LogP contribution >= 0.6 is 0 Å². The summed E-state index contributed by atoms with van der Waals surface area (Å²) < 4.78 is 4.61. The number of carboxylic acid groups (broad SMARTS) is 1. The molecule has 2 unspecified atom stereocenters. The van der Waals surface area contributed by atoms with Crippen LogP contribution in [0.5, 0.6) is 0 Å². The third-order valence-electron chi connectivity index (χ3n) is 3.83. The minimum atomic E-state index is -1.01. The zero-order chi connectivity index (χ0) is 15.8. The second-order valence-corrected chi connectivity index (χ2v) is 5.50. The first-order chi connectivity index (χ1) is 9.80. The second kappa shape index (κ2) is 5.16. The lowest BCUT2D eigenvalue weighted by molar-refractivity contribution is -0.140. The van der Waals surface area contributed by atoms with E-state index < -0.39 is 35.1 Å². The van der Waals surface area contributed by atoms with Crippen molar-refractivity contribution in [2.45, 2.75) is 13.8 Å². The zero-order valence-electron chi connectivity index (χ0n) is 11.9. The fraction of sp³-hybridized carbons (Fsp3) is 0.429. The van der Waals surface area contributed by atoms with Gasteiger partial charge in [-0.3, -0.25) is 9.59 Å². The van der Waals surface area contributed by atoms with Crippen molar-refractivity contribution in [1.29, 1.82) is 0 Å². The van der Waals surface area contributed by atoms with Crippen molar-refractivity contribution in [1.82, 2.24) is 4.98 Å². The summed E-state index contributed by atoms with van der Waals surface area (Å²) in [7, 11) is 1.23. The second-order valence-electron chi connectivity index (χ2n) is 5.50. The number of hydrogen-bond donors (Lipinski definition) is 2. The zero-order valence-corrected chi connectivity index (χ0v) is 11.9. The van der Waals surface area contributed by atoms with Crippen LogP contribution in [0.25, 0.3) is 0 Å². The summed E-state index contributed by atoms with van der Waals surface area (Å²) in [6.07, 6.45) is 1.43. The summed E-state index contributed by atoms with van der Waals surface area (Å²) in [6.45, 7) is 3.44. The van der Waals surface area contributed by atoms with Crippen molar-refractivity contribution in [2.75, 3.05) is 12.4 Å². The van der Waals surface area contributed by atoms with Gasteiger partial charge in [0, 0.05) is 6.20 Å². The molecular weight excluding hydrogens is 276 g/mol. The molecule has 1 heterocycles. The first-order valence-corrected chi connectivity index (χ1v) is 6.37. The molecule has 1 aromatic rings. The molecule has 1 aliphatic rings. The van der Waals surface area contributed by atoms with Gasteiger partial charge in [0.15, 0.2) is 0 Å². The molecule has 1 saturated carbocycles. The normalized spacial score (nSPS) is 22.2. The SMILES string of the molecule is COC(=O)c1cccnc1NC(=O)C1C(C(=O)O)C1(C)C. The average Bonchev–Trinajstić information content (AvgIpc) is 3.02. The quantitative estimate of drug-likeness (QED) is 0.807. The van der Waals surface area contributed by atoms with Crippen LogP contribution in [0.15, 0.2) is 18.3 Å². The van der Waals surface area contributed by atoms with Crippen molar-refractivity contribution < 1.29 is 24.2 Å². The van der Waals surface area contributed by atoms with Gasteiger partial charge in [0.1, 0.15) is 11.4 Å². The molecule has 1 fully saturated rings. The number of carboxylic acids is 1. The minimum Gasteiger partial charge on any atom is -0.481 e. The smallest absolute Gasteiger partial charge is 0.341 e. The van der Waals surface area contributed by atoms with E-state index in [2.05, 4.69) is 15.0 Å². The highest BCUT2D eigenvalue weighted by molar-refractivity contribution is 6.03. The summed E-state index contributed by atoms with van der Waals surface area (Å²) in [5.74, 6) is -3.40.